The summed E-state index contributed by atoms with van der Waals surface area (Å²) in [5.74, 6) is -3.51. The molecule has 0 amide bonds. The fourth-order valence-electron chi connectivity index (χ4n) is 2.65. The van der Waals surface area contributed by atoms with E-state index in [1.54, 1.807) is 0 Å². The van der Waals surface area contributed by atoms with Crippen molar-refractivity contribution >= 4 is 23.9 Å². The minimum Gasteiger partial charge on any atom is -0.480 e. The number of halogens is 3. The van der Waals surface area contributed by atoms with Crippen LogP contribution in [0.25, 0.3) is 11.5 Å². The topological polar surface area (TPSA) is 207 Å². The van der Waals surface area contributed by atoms with Gasteiger partial charge < -0.3 is 36.7 Å². The zero-order valence-electron chi connectivity index (χ0n) is 18.0. The minimum atomic E-state index is -5.08. The van der Waals surface area contributed by atoms with E-state index in [9.17, 15) is 22.8 Å². The molecule has 0 saturated heterocycles. The van der Waals surface area contributed by atoms with Gasteiger partial charge in [-0.1, -0.05) is 0 Å². The van der Waals surface area contributed by atoms with Crippen LogP contribution in [0.15, 0.2) is 18.3 Å². The van der Waals surface area contributed by atoms with Crippen molar-refractivity contribution in [3.63, 3.8) is 0 Å². The Balaban J connectivity index is 0.000000718. The molecule has 0 aromatic rings. The molecule has 0 unspecified atom stereocenters. The lowest BCUT2D eigenvalue weighted by atomic mass is 10.1. The number of nitrogens with one attached hydrogen (secondary N) is 1. The van der Waals surface area contributed by atoms with Crippen molar-refractivity contribution < 1.29 is 42.9 Å². The van der Waals surface area contributed by atoms with Crippen LogP contribution in [0, 0.1) is 0 Å². The van der Waals surface area contributed by atoms with E-state index in [4.69, 9.17) is 31.6 Å². The molecule has 2 aliphatic heterocycles. The Morgan fingerprint density at radius 2 is 1.56 bits per heavy atom. The third-order valence-electron chi connectivity index (χ3n) is 4.48. The van der Waals surface area contributed by atoms with Crippen molar-refractivity contribution in [1.82, 2.24) is 14.5 Å². The molecule has 8 N–H and O–H groups in total. The van der Waals surface area contributed by atoms with Crippen LogP contribution in [0.3, 0.4) is 0 Å². The Kier molecular flexibility index (Phi) is 11.2. The Morgan fingerprint density at radius 3 is 2.09 bits per heavy atom. The molecule has 2 aliphatic rings. The van der Waals surface area contributed by atoms with Gasteiger partial charge in [0.05, 0.1) is 0 Å². The highest BCUT2D eigenvalue weighted by atomic mass is 19.4. The first kappa shape index (κ1) is 28.6. The van der Waals surface area contributed by atoms with Gasteiger partial charge in [-0.3, -0.25) is 9.59 Å². The van der Waals surface area contributed by atoms with Crippen LogP contribution in [-0.4, -0.2) is 72.6 Å². The monoisotopic (exact) mass is 492 g/mol. The summed E-state index contributed by atoms with van der Waals surface area (Å²) in [4.78, 5) is 39.2. The number of nitrogens with two attached hydrogens (primary N) is 2. The number of unbranched alkanes of at least 4 members (excludes halogenated alkanes) is 1. The smallest absolute Gasteiger partial charge is 0.480 e. The highest BCUT2D eigenvalue weighted by Gasteiger charge is 2.38. The largest absolute Gasteiger partial charge is 0.490 e. The van der Waals surface area contributed by atoms with Crippen LogP contribution in [0.5, 0.6) is 0 Å². The molecule has 12 nitrogen and oxygen atoms in total. The number of aliphatic carboxylic acids is 3. The maximum atomic E-state index is 10.7. The number of carboxylic acid groups (broad SMARTS) is 3. The van der Waals surface area contributed by atoms with Gasteiger partial charge in [0.1, 0.15) is 17.8 Å². The summed E-state index contributed by atoms with van der Waals surface area (Å²) in [5, 5.41) is 27.8. The number of fused-ring (bicyclic) bond motifs is 1. The average Bonchev–Trinajstić information content (AvgIpc) is 3.17. The quantitative estimate of drug-likeness (QED) is 0.232. The molecule has 0 saturated carbocycles. The van der Waals surface area contributed by atoms with Crippen LogP contribution in [0.2, 0.25) is 0 Å². The van der Waals surface area contributed by atoms with Crippen LogP contribution in [-0.2, 0) is 20.9 Å². The van der Waals surface area contributed by atoms with Gasteiger partial charge in [0.25, 0.3) is 0 Å². The van der Waals surface area contributed by atoms with Crippen molar-refractivity contribution in [1.29, 1.82) is 0 Å². The lowest BCUT2D eigenvalue weighted by molar-refractivity contribution is -0.192. The number of hydrogen-bond acceptors (Lipinski definition) is 8. The Morgan fingerprint density at radius 1 is 1.00 bits per heavy atom. The van der Waals surface area contributed by atoms with Gasteiger partial charge in [-0.2, -0.15) is 18.2 Å². The molecule has 0 aromatic heterocycles. The Labute approximate surface area is 192 Å². The number of aryl methyl sites for hydroxylation is 1. The zero-order chi connectivity index (χ0) is 25.9. The molecule has 2 atom stereocenters. The van der Waals surface area contributed by atoms with E-state index in [2.05, 4.69) is 15.3 Å². The molecule has 15 heteroatoms. The SMILES string of the molecule is N[C@@H](CCCCn1cccc2nc(NCCC[C@H](N)C(=O)O)nc1-2)C(=O)O.O=C(O)C(F)(F)F. The van der Waals surface area contributed by atoms with E-state index in [1.807, 2.05) is 22.9 Å². The molecule has 0 radical (unpaired) electrons. The van der Waals surface area contributed by atoms with Gasteiger partial charge in [0, 0.05) is 19.3 Å². The normalized spacial score (nSPS) is 13.0. The fraction of sp³-hybridized carbons (Fsp3) is 0.526. The highest BCUT2D eigenvalue weighted by Crippen LogP contribution is 2.21. The summed E-state index contributed by atoms with van der Waals surface area (Å²) in [6.45, 7) is 1.22. The first-order chi connectivity index (χ1) is 15.8. The Hall–Kier alpha value is -3.46. The number of nitrogens with zero attached hydrogens (tertiary/aromatic N) is 3. The molecule has 0 spiro atoms. The van der Waals surface area contributed by atoms with E-state index in [0.717, 1.165) is 17.9 Å². The first-order valence-electron chi connectivity index (χ1n) is 10.2. The van der Waals surface area contributed by atoms with Crippen LogP contribution in [0.4, 0.5) is 19.1 Å². The van der Waals surface area contributed by atoms with Crippen LogP contribution < -0.4 is 16.8 Å². The number of hydrogen-bond donors (Lipinski definition) is 6. The van der Waals surface area contributed by atoms with Crippen molar-refractivity contribution in [3.8, 4) is 11.5 Å². The summed E-state index contributed by atoms with van der Waals surface area (Å²) in [7, 11) is 0. The maximum absolute atomic E-state index is 10.7. The molecule has 0 aliphatic carbocycles. The number of alkyl halides is 3. The zero-order valence-corrected chi connectivity index (χ0v) is 18.0. The number of anilines is 1. The van der Waals surface area contributed by atoms with Crippen molar-refractivity contribution in [2.24, 2.45) is 11.5 Å². The number of rotatable bonds is 12. The third kappa shape index (κ3) is 9.99. The summed E-state index contributed by atoms with van der Waals surface area (Å²) in [6.07, 6.45) is -0.274. The van der Waals surface area contributed by atoms with Crippen molar-refractivity contribution in [2.45, 2.75) is 56.9 Å². The molecule has 34 heavy (non-hydrogen) atoms. The third-order valence-corrected chi connectivity index (χ3v) is 4.48. The molecule has 2 heterocycles. The van der Waals surface area contributed by atoms with Crippen molar-refractivity contribution in [3.05, 3.63) is 18.3 Å². The molecular formula is C19H27F3N6O6. The first-order valence-corrected chi connectivity index (χ1v) is 10.2. The molecule has 190 valence electrons. The highest BCUT2D eigenvalue weighted by molar-refractivity contribution is 5.73. The predicted octanol–water partition coefficient (Wildman–Crippen LogP) is 1.20. The molecular weight excluding hydrogens is 465 g/mol. The summed E-state index contributed by atoms with van der Waals surface area (Å²) in [5.41, 5.74) is 11.7. The second-order valence-electron chi connectivity index (χ2n) is 7.21. The standard InChI is InChI=1S/C17H26N6O4.C2HF3O2/c18-11(15(24)25)5-1-2-9-23-10-4-7-13-14(23)22-17(21-13)20-8-3-6-12(19)16(26)27;3-2(4,5)1(6)7/h4,7,10-12H,1-3,5-6,8-9,18-19H2,(H,20,21)(H,24,25)(H,26,27);(H,6,7)/t11-,12-;/m0./s1. The lowest BCUT2D eigenvalue weighted by Gasteiger charge is -2.11. The van der Waals surface area contributed by atoms with E-state index in [-0.39, 0.29) is 0 Å². The second kappa shape index (κ2) is 13.3. The molecule has 0 bridgehead atoms. The van der Waals surface area contributed by atoms with E-state index in [1.165, 1.54) is 0 Å². The molecule has 2 rings (SSSR count). The molecule has 0 fully saturated rings. The second-order valence-corrected chi connectivity index (χ2v) is 7.21. The number of aromatic nitrogens is 3. The van der Waals surface area contributed by atoms with Gasteiger partial charge in [-0.25, -0.2) is 9.78 Å². The summed E-state index contributed by atoms with van der Waals surface area (Å²) in [6, 6.07) is 2.07. The van der Waals surface area contributed by atoms with Crippen LogP contribution in [0.1, 0.15) is 32.1 Å². The van der Waals surface area contributed by atoms with E-state index >= 15 is 0 Å². The summed E-state index contributed by atoms with van der Waals surface area (Å²) >= 11 is 0. The van der Waals surface area contributed by atoms with Crippen molar-refractivity contribution in [2.75, 3.05) is 11.9 Å². The Bertz CT molecular complexity index is 922. The lowest BCUT2D eigenvalue weighted by Crippen LogP contribution is -2.30. The summed E-state index contributed by atoms with van der Waals surface area (Å²) < 4.78 is 33.7. The van der Waals surface area contributed by atoms with Gasteiger partial charge in [0.2, 0.25) is 5.95 Å². The number of imidazole rings is 1. The van der Waals surface area contributed by atoms with Gasteiger partial charge in [-0.05, 0) is 44.2 Å². The average molecular weight is 492 g/mol. The van der Waals surface area contributed by atoms with Crippen LogP contribution >= 0.6 is 0 Å². The van der Waals surface area contributed by atoms with E-state index in [0.29, 0.717) is 44.7 Å². The maximum Gasteiger partial charge on any atom is 0.490 e. The minimum absolute atomic E-state index is 0.376. The van der Waals surface area contributed by atoms with Gasteiger partial charge in [0.15, 0.2) is 5.82 Å². The van der Waals surface area contributed by atoms with Gasteiger partial charge >= 0.3 is 24.1 Å². The number of carbonyl (C=O) groups is 3. The predicted molar refractivity (Wildman–Crippen MR) is 113 cm³/mol. The number of pyridine rings is 1. The number of carboxylic acids is 3. The fourth-order valence-corrected chi connectivity index (χ4v) is 2.65. The van der Waals surface area contributed by atoms with Gasteiger partial charge in [-0.15, -0.1) is 0 Å². The molecule has 0 aromatic carbocycles. The van der Waals surface area contributed by atoms with E-state index < -0.39 is 36.2 Å².